The van der Waals surface area contributed by atoms with Gasteiger partial charge in [0.1, 0.15) is 10.6 Å². The molecule has 0 aliphatic carbocycles. The molecule has 0 saturated carbocycles. The number of hydrogen-bond donors (Lipinski definition) is 1. The van der Waals surface area contributed by atoms with Crippen LogP contribution in [0.4, 0.5) is 0 Å². The smallest absolute Gasteiger partial charge is 0.339 e. The number of aryl methyl sites for hydroxylation is 1. The van der Waals surface area contributed by atoms with Gasteiger partial charge in [0, 0.05) is 5.02 Å². The van der Waals surface area contributed by atoms with Crippen LogP contribution in [0.1, 0.15) is 11.1 Å². The summed E-state index contributed by atoms with van der Waals surface area (Å²) in [4.78, 5) is 11.9. The fraction of sp³-hybridized carbons (Fsp3) is 0.130. The lowest BCUT2D eigenvalue weighted by atomic mass is 10.2. The topological polar surface area (TPSA) is 103 Å². The van der Waals surface area contributed by atoms with Crippen LogP contribution >= 0.6 is 23.2 Å². The molecule has 0 aliphatic rings. The molecule has 0 fully saturated rings. The number of hydrogen-bond acceptors (Lipinski definition) is 7. The van der Waals surface area contributed by atoms with Crippen LogP contribution in [-0.2, 0) is 14.9 Å². The lowest BCUT2D eigenvalue weighted by molar-refractivity contribution is -0.123. The molecular weight excluding hydrogens is 503 g/mol. The maximum Gasteiger partial charge on any atom is 0.339 e. The van der Waals surface area contributed by atoms with Crippen molar-refractivity contribution >= 4 is 45.4 Å². The number of halogens is 2. The van der Waals surface area contributed by atoms with E-state index < -0.39 is 16.0 Å². The van der Waals surface area contributed by atoms with Crippen LogP contribution in [0.3, 0.4) is 0 Å². The van der Waals surface area contributed by atoms with Gasteiger partial charge in [-0.25, -0.2) is 5.43 Å². The Kier molecular flexibility index (Phi) is 8.38. The van der Waals surface area contributed by atoms with Gasteiger partial charge < -0.3 is 13.7 Å². The van der Waals surface area contributed by atoms with E-state index in [0.29, 0.717) is 16.3 Å². The van der Waals surface area contributed by atoms with Gasteiger partial charge in [-0.2, -0.15) is 13.5 Å². The van der Waals surface area contributed by atoms with Crippen molar-refractivity contribution in [3.63, 3.8) is 0 Å². The highest BCUT2D eigenvalue weighted by atomic mass is 35.5. The van der Waals surface area contributed by atoms with Gasteiger partial charge >= 0.3 is 10.1 Å². The zero-order valence-electron chi connectivity index (χ0n) is 18.1. The van der Waals surface area contributed by atoms with Crippen molar-refractivity contribution in [1.29, 1.82) is 0 Å². The quantitative estimate of drug-likeness (QED) is 0.250. The number of ether oxygens (including phenoxy) is 2. The van der Waals surface area contributed by atoms with Crippen LogP contribution in [0.15, 0.2) is 70.7 Å². The largest absolute Gasteiger partial charge is 0.493 e. The Balaban J connectivity index is 1.66. The van der Waals surface area contributed by atoms with Crippen molar-refractivity contribution in [2.45, 2.75) is 11.8 Å². The minimum absolute atomic E-state index is 0.0196. The molecule has 1 N–H and O–H groups in total. The van der Waals surface area contributed by atoms with E-state index in [4.69, 9.17) is 36.9 Å². The molecule has 11 heteroatoms. The maximum atomic E-state index is 12.6. The fourth-order valence-corrected chi connectivity index (χ4v) is 4.04. The second kappa shape index (κ2) is 11.2. The summed E-state index contributed by atoms with van der Waals surface area (Å²) in [5.41, 5.74) is 3.65. The standard InChI is InChI=1S/C23H20Cl2N2O6S/c1-15-3-9-19(10-4-15)34(29,30)33-23-20(25)11-16(12-21(23)31-2)13-26-27-22(28)14-32-18-7-5-17(24)6-8-18/h3-13H,14H2,1-2H3,(H,27,28)/b26-13-. The third kappa shape index (κ3) is 6.86. The average molecular weight is 523 g/mol. The molecule has 0 radical (unpaired) electrons. The number of rotatable bonds is 9. The number of amides is 1. The van der Waals surface area contributed by atoms with E-state index in [2.05, 4.69) is 10.5 Å². The highest BCUT2D eigenvalue weighted by Gasteiger charge is 2.22. The van der Waals surface area contributed by atoms with Gasteiger partial charge in [0.15, 0.2) is 12.4 Å². The molecule has 0 aliphatic heterocycles. The molecule has 8 nitrogen and oxygen atoms in total. The third-order valence-electron chi connectivity index (χ3n) is 4.34. The Bertz CT molecular complexity index is 1290. The molecule has 0 unspecified atom stereocenters. The van der Waals surface area contributed by atoms with Crippen LogP contribution in [-0.4, -0.2) is 34.3 Å². The number of carbonyl (C=O) groups is 1. The predicted molar refractivity (Wildman–Crippen MR) is 130 cm³/mol. The van der Waals surface area contributed by atoms with Gasteiger partial charge in [0.25, 0.3) is 5.91 Å². The summed E-state index contributed by atoms with van der Waals surface area (Å²) in [6, 6.07) is 15.6. The molecule has 0 aromatic heterocycles. The number of nitrogens with zero attached hydrogens (tertiary/aromatic N) is 1. The summed E-state index contributed by atoms with van der Waals surface area (Å²) < 4.78 is 41.0. The van der Waals surface area contributed by atoms with Crippen molar-refractivity contribution < 1.29 is 26.9 Å². The zero-order chi connectivity index (χ0) is 24.7. The molecular formula is C23H20Cl2N2O6S. The molecule has 0 atom stereocenters. The number of benzene rings is 3. The van der Waals surface area contributed by atoms with Crippen molar-refractivity contribution in [2.75, 3.05) is 13.7 Å². The van der Waals surface area contributed by atoms with E-state index in [-0.39, 0.29) is 28.0 Å². The molecule has 178 valence electrons. The SMILES string of the molecule is COc1cc(/C=N\NC(=O)COc2ccc(Cl)cc2)cc(Cl)c1OS(=O)(=O)c1ccc(C)cc1. The van der Waals surface area contributed by atoms with Crippen molar-refractivity contribution in [3.05, 3.63) is 81.8 Å². The first kappa shape index (κ1) is 25.4. The van der Waals surface area contributed by atoms with Crippen LogP contribution in [0.25, 0.3) is 0 Å². The maximum absolute atomic E-state index is 12.6. The zero-order valence-corrected chi connectivity index (χ0v) is 20.4. The van der Waals surface area contributed by atoms with Crippen molar-refractivity contribution in [2.24, 2.45) is 5.10 Å². The lowest BCUT2D eigenvalue weighted by Gasteiger charge is -2.13. The van der Waals surface area contributed by atoms with E-state index in [0.717, 1.165) is 5.56 Å². The minimum atomic E-state index is -4.13. The summed E-state index contributed by atoms with van der Waals surface area (Å²) in [5.74, 6) is -0.103. The van der Waals surface area contributed by atoms with Crippen molar-refractivity contribution in [1.82, 2.24) is 5.43 Å². The summed E-state index contributed by atoms with van der Waals surface area (Å²) >= 11 is 12.1. The van der Waals surface area contributed by atoms with Crippen molar-refractivity contribution in [3.8, 4) is 17.2 Å². The van der Waals surface area contributed by atoms with Crippen LogP contribution in [0, 0.1) is 6.92 Å². The average Bonchev–Trinajstić information content (AvgIpc) is 2.80. The second-order valence-corrected chi connectivity index (χ2v) is 9.31. The van der Waals surface area contributed by atoms with E-state index in [1.165, 1.54) is 37.6 Å². The van der Waals surface area contributed by atoms with Gasteiger partial charge in [-0.1, -0.05) is 40.9 Å². The predicted octanol–water partition coefficient (Wildman–Crippen LogP) is 4.61. The monoisotopic (exact) mass is 522 g/mol. The van der Waals surface area contributed by atoms with E-state index >= 15 is 0 Å². The number of carbonyl (C=O) groups excluding carboxylic acids is 1. The molecule has 3 aromatic rings. The summed E-state index contributed by atoms with van der Waals surface area (Å²) in [5, 5.41) is 4.38. The van der Waals surface area contributed by atoms with Crippen LogP contribution < -0.4 is 19.1 Å². The molecule has 3 rings (SSSR count). The summed E-state index contributed by atoms with van der Waals surface area (Å²) in [7, 11) is -2.79. The van der Waals surface area contributed by atoms with Gasteiger partial charge in [0.2, 0.25) is 5.75 Å². The second-order valence-electron chi connectivity index (χ2n) is 6.92. The Hall–Kier alpha value is -3.27. The number of methoxy groups -OCH3 is 1. The van der Waals surface area contributed by atoms with E-state index in [1.807, 2.05) is 6.92 Å². The van der Waals surface area contributed by atoms with E-state index in [9.17, 15) is 13.2 Å². The molecule has 3 aromatic carbocycles. The Morgan fingerprint density at radius 2 is 1.74 bits per heavy atom. The third-order valence-corrected chi connectivity index (χ3v) is 6.11. The molecule has 0 spiro atoms. The van der Waals surface area contributed by atoms with Gasteiger partial charge in [0.05, 0.1) is 18.3 Å². The van der Waals surface area contributed by atoms with Crippen LogP contribution in [0.2, 0.25) is 10.0 Å². The first-order chi connectivity index (χ1) is 16.2. The molecule has 0 saturated heterocycles. The Labute approximate surface area is 207 Å². The minimum Gasteiger partial charge on any atom is -0.493 e. The highest BCUT2D eigenvalue weighted by Crippen LogP contribution is 2.38. The fourth-order valence-electron chi connectivity index (χ4n) is 2.65. The number of nitrogens with one attached hydrogen (secondary N) is 1. The summed E-state index contributed by atoms with van der Waals surface area (Å²) in [6.07, 6.45) is 1.31. The molecule has 0 heterocycles. The van der Waals surface area contributed by atoms with Gasteiger partial charge in [-0.3, -0.25) is 4.79 Å². The summed E-state index contributed by atoms with van der Waals surface area (Å²) in [6.45, 7) is 1.58. The van der Waals surface area contributed by atoms with E-state index in [1.54, 1.807) is 36.4 Å². The normalized spacial score (nSPS) is 11.3. The first-order valence-corrected chi connectivity index (χ1v) is 11.9. The lowest BCUT2D eigenvalue weighted by Crippen LogP contribution is -2.24. The molecule has 0 bridgehead atoms. The van der Waals surface area contributed by atoms with Crippen LogP contribution in [0.5, 0.6) is 17.2 Å². The van der Waals surface area contributed by atoms with Gasteiger partial charge in [-0.15, -0.1) is 0 Å². The first-order valence-electron chi connectivity index (χ1n) is 9.77. The molecule has 1 amide bonds. The molecule has 34 heavy (non-hydrogen) atoms. The Morgan fingerprint density at radius 1 is 1.06 bits per heavy atom. The Morgan fingerprint density at radius 3 is 2.38 bits per heavy atom. The highest BCUT2D eigenvalue weighted by molar-refractivity contribution is 7.87. The number of hydrazone groups is 1. The van der Waals surface area contributed by atoms with Gasteiger partial charge in [-0.05, 0) is 61.0 Å².